The number of hydrogen-bond donors (Lipinski definition) is 1. The average Bonchev–Trinajstić information content (AvgIpc) is 2.14. The average molecular weight is 231 g/mol. The fourth-order valence-electron chi connectivity index (χ4n) is 1.06. The molecule has 0 atom stereocenters. The van der Waals surface area contributed by atoms with E-state index in [4.69, 9.17) is 9.39 Å². The highest BCUT2D eigenvalue weighted by Gasteiger charge is 2.19. The van der Waals surface area contributed by atoms with E-state index in [1.165, 1.54) is 0 Å². The topological polar surface area (TPSA) is 66.8 Å². The lowest BCUT2D eigenvalue weighted by Gasteiger charge is -2.18. The van der Waals surface area contributed by atoms with Gasteiger partial charge in [-0.2, -0.15) is 8.42 Å². The highest BCUT2D eigenvalue weighted by Crippen LogP contribution is 2.18. The zero-order valence-electron chi connectivity index (χ0n) is 8.54. The van der Waals surface area contributed by atoms with Gasteiger partial charge in [0.1, 0.15) is 0 Å². The zero-order chi connectivity index (χ0) is 11.5. The molecule has 0 unspecified atom stereocenters. The molecule has 0 heterocycles. The molecule has 0 bridgehead atoms. The maximum atomic E-state index is 11.0. The van der Waals surface area contributed by atoms with Crippen LogP contribution in [0.5, 0.6) is 0 Å². The SMILES string of the molecule is CCON(c1ccc(C)cc1)S(=O)(=O)O. The lowest BCUT2D eigenvalue weighted by Crippen LogP contribution is -2.30. The number of hydrogen-bond acceptors (Lipinski definition) is 3. The fourth-order valence-corrected chi connectivity index (χ4v) is 1.68. The maximum Gasteiger partial charge on any atom is 0.382 e. The van der Waals surface area contributed by atoms with Gasteiger partial charge in [0.05, 0.1) is 12.3 Å². The van der Waals surface area contributed by atoms with Crippen molar-refractivity contribution in [1.29, 1.82) is 0 Å². The lowest BCUT2D eigenvalue weighted by molar-refractivity contribution is 0.156. The van der Waals surface area contributed by atoms with Gasteiger partial charge in [-0.05, 0) is 26.0 Å². The summed E-state index contributed by atoms with van der Waals surface area (Å²) in [5.41, 5.74) is 1.26. The van der Waals surface area contributed by atoms with Gasteiger partial charge in [-0.3, -0.25) is 9.39 Å². The second-order valence-electron chi connectivity index (χ2n) is 2.96. The first kappa shape index (κ1) is 12.0. The third kappa shape index (κ3) is 3.19. The van der Waals surface area contributed by atoms with E-state index >= 15 is 0 Å². The monoisotopic (exact) mass is 231 g/mol. The van der Waals surface area contributed by atoms with E-state index < -0.39 is 10.3 Å². The quantitative estimate of drug-likeness (QED) is 0.630. The van der Waals surface area contributed by atoms with Crippen molar-refractivity contribution in [2.45, 2.75) is 13.8 Å². The summed E-state index contributed by atoms with van der Waals surface area (Å²) in [6, 6.07) is 6.57. The van der Waals surface area contributed by atoms with E-state index in [-0.39, 0.29) is 12.3 Å². The van der Waals surface area contributed by atoms with Crippen LogP contribution < -0.4 is 4.47 Å². The predicted octanol–water partition coefficient (Wildman–Crippen LogP) is 1.56. The molecule has 0 amide bonds. The molecule has 0 saturated carbocycles. The van der Waals surface area contributed by atoms with Gasteiger partial charge < -0.3 is 0 Å². The number of benzene rings is 1. The summed E-state index contributed by atoms with van der Waals surface area (Å²) < 4.78 is 31.3. The van der Waals surface area contributed by atoms with Crippen LogP contribution in [0.15, 0.2) is 24.3 Å². The van der Waals surface area contributed by atoms with Gasteiger partial charge in [0.15, 0.2) is 0 Å². The molecule has 5 nitrogen and oxygen atoms in total. The molecule has 84 valence electrons. The summed E-state index contributed by atoms with van der Waals surface area (Å²) in [5.74, 6) is 0. The van der Waals surface area contributed by atoms with Crippen LogP contribution in [0.3, 0.4) is 0 Å². The summed E-state index contributed by atoms with van der Waals surface area (Å²) in [4.78, 5) is 4.83. The lowest BCUT2D eigenvalue weighted by atomic mass is 10.2. The van der Waals surface area contributed by atoms with Crippen LogP contribution in [-0.4, -0.2) is 19.6 Å². The van der Waals surface area contributed by atoms with Crippen molar-refractivity contribution < 1.29 is 17.8 Å². The third-order valence-electron chi connectivity index (χ3n) is 1.70. The minimum atomic E-state index is -4.38. The van der Waals surface area contributed by atoms with E-state index in [1.54, 1.807) is 31.2 Å². The van der Waals surface area contributed by atoms with E-state index in [1.807, 2.05) is 6.92 Å². The van der Waals surface area contributed by atoms with Gasteiger partial charge in [0, 0.05) is 0 Å². The van der Waals surface area contributed by atoms with E-state index in [2.05, 4.69) is 0 Å². The van der Waals surface area contributed by atoms with Gasteiger partial charge in [0.2, 0.25) is 0 Å². The molecule has 0 aliphatic rings. The van der Waals surface area contributed by atoms with Crippen LogP contribution in [0.25, 0.3) is 0 Å². The Hall–Kier alpha value is -1.11. The first-order valence-corrected chi connectivity index (χ1v) is 5.82. The second-order valence-corrected chi connectivity index (χ2v) is 4.19. The molecule has 0 fully saturated rings. The Bertz CT molecular complexity index is 412. The Labute approximate surface area is 89.1 Å². The van der Waals surface area contributed by atoms with Crippen LogP contribution in [0.4, 0.5) is 5.69 Å². The van der Waals surface area contributed by atoms with Crippen molar-refractivity contribution in [2.24, 2.45) is 0 Å². The Balaban J connectivity index is 3.05. The molecule has 0 aliphatic heterocycles. The van der Waals surface area contributed by atoms with Crippen LogP contribution in [-0.2, 0) is 15.1 Å². The second kappa shape index (κ2) is 4.61. The van der Waals surface area contributed by atoms with Gasteiger partial charge >= 0.3 is 10.3 Å². The van der Waals surface area contributed by atoms with Crippen molar-refractivity contribution in [3.8, 4) is 0 Å². The third-order valence-corrected chi connectivity index (χ3v) is 2.44. The molecule has 1 aromatic rings. The van der Waals surface area contributed by atoms with Crippen molar-refractivity contribution in [3.63, 3.8) is 0 Å². The summed E-state index contributed by atoms with van der Waals surface area (Å²) >= 11 is 0. The number of aryl methyl sites for hydroxylation is 1. The van der Waals surface area contributed by atoms with Crippen molar-refractivity contribution in [1.82, 2.24) is 0 Å². The van der Waals surface area contributed by atoms with Crippen LogP contribution in [0.2, 0.25) is 0 Å². The summed E-state index contributed by atoms with van der Waals surface area (Å²) in [5, 5.41) is 0. The standard InChI is InChI=1S/C9H13NO4S/c1-3-14-10(15(11,12)13)9-6-4-8(2)5-7-9/h4-7H,3H2,1-2H3,(H,11,12,13). The molecule has 1 rings (SSSR count). The van der Waals surface area contributed by atoms with E-state index in [0.717, 1.165) is 5.56 Å². The van der Waals surface area contributed by atoms with Crippen LogP contribution >= 0.6 is 0 Å². The maximum absolute atomic E-state index is 11.0. The molecule has 0 aliphatic carbocycles. The summed E-state index contributed by atoms with van der Waals surface area (Å²) in [7, 11) is -4.38. The van der Waals surface area contributed by atoms with E-state index in [0.29, 0.717) is 4.47 Å². The molecule has 0 radical (unpaired) electrons. The van der Waals surface area contributed by atoms with Crippen LogP contribution in [0, 0.1) is 6.92 Å². The zero-order valence-corrected chi connectivity index (χ0v) is 9.36. The molecule has 0 aromatic heterocycles. The van der Waals surface area contributed by atoms with Crippen molar-refractivity contribution >= 4 is 16.0 Å². The van der Waals surface area contributed by atoms with Gasteiger partial charge in [-0.1, -0.05) is 17.7 Å². The molecule has 15 heavy (non-hydrogen) atoms. The van der Waals surface area contributed by atoms with Crippen molar-refractivity contribution in [2.75, 3.05) is 11.1 Å². The number of rotatable bonds is 4. The molecular weight excluding hydrogens is 218 g/mol. The molecule has 6 heteroatoms. The largest absolute Gasteiger partial charge is 0.382 e. The Morgan fingerprint density at radius 2 is 1.87 bits per heavy atom. The summed E-state index contributed by atoms with van der Waals surface area (Å²) in [6.07, 6.45) is 0. The Morgan fingerprint density at radius 3 is 2.27 bits per heavy atom. The molecule has 0 spiro atoms. The minimum absolute atomic E-state index is 0.146. The van der Waals surface area contributed by atoms with Gasteiger partial charge in [-0.15, -0.1) is 4.47 Å². The Morgan fingerprint density at radius 1 is 1.33 bits per heavy atom. The molecular formula is C9H13NO4S. The van der Waals surface area contributed by atoms with E-state index in [9.17, 15) is 8.42 Å². The normalized spacial score (nSPS) is 11.4. The number of nitrogens with zero attached hydrogens (tertiary/aromatic N) is 1. The number of anilines is 1. The smallest absolute Gasteiger partial charge is 0.267 e. The summed E-state index contributed by atoms with van der Waals surface area (Å²) in [6.45, 7) is 3.66. The first-order chi connectivity index (χ1) is 6.95. The fraction of sp³-hybridized carbons (Fsp3) is 0.333. The molecule has 1 aromatic carbocycles. The minimum Gasteiger partial charge on any atom is -0.267 e. The van der Waals surface area contributed by atoms with Gasteiger partial charge in [-0.25, -0.2) is 0 Å². The highest BCUT2D eigenvalue weighted by molar-refractivity contribution is 7.87. The Kier molecular flexibility index (Phi) is 3.67. The highest BCUT2D eigenvalue weighted by atomic mass is 32.2. The molecule has 1 N–H and O–H groups in total. The molecule has 0 saturated heterocycles. The first-order valence-electron chi connectivity index (χ1n) is 4.42. The van der Waals surface area contributed by atoms with Crippen molar-refractivity contribution in [3.05, 3.63) is 29.8 Å². The van der Waals surface area contributed by atoms with Crippen LogP contribution in [0.1, 0.15) is 12.5 Å². The van der Waals surface area contributed by atoms with Gasteiger partial charge in [0.25, 0.3) is 0 Å². The predicted molar refractivity (Wildman–Crippen MR) is 56.8 cm³/mol.